The summed E-state index contributed by atoms with van der Waals surface area (Å²) in [5.74, 6) is -1.45. The van der Waals surface area contributed by atoms with Gasteiger partial charge in [0.25, 0.3) is 0 Å². The number of aliphatic hydroxyl groups is 1. The number of aliphatic hydroxyl groups excluding tert-OH is 1. The predicted molar refractivity (Wildman–Crippen MR) is 80.6 cm³/mol. The van der Waals surface area contributed by atoms with Crippen LogP contribution in [0.2, 0.25) is 0 Å². The van der Waals surface area contributed by atoms with Crippen LogP contribution in [-0.4, -0.2) is 48.1 Å². The second-order valence-corrected chi connectivity index (χ2v) is 6.46. The van der Waals surface area contributed by atoms with E-state index >= 15 is 0 Å². The van der Waals surface area contributed by atoms with Crippen LogP contribution in [-0.2, 0) is 18.9 Å². The van der Waals surface area contributed by atoms with Crippen molar-refractivity contribution in [3.8, 4) is 0 Å². The Kier molecular flexibility index (Phi) is 4.42. The molecular formula is C17H22O6. The van der Waals surface area contributed by atoms with Gasteiger partial charge in [0.1, 0.15) is 18.8 Å². The van der Waals surface area contributed by atoms with Crippen molar-refractivity contribution < 1.29 is 28.8 Å². The highest BCUT2D eigenvalue weighted by Crippen LogP contribution is 2.38. The fourth-order valence-electron chi connectivity index (χ4n) is 2.92. The molecule has 0 radical (unpaired) electrons. The molecule has 2 heterocycles. The summed E-state index contributed by atoms with van der Waals surface area (Å²) in [6, 6.07) is 8.76. The molecule has 0 amide bonds. The quantitative estimate of drug-likeness (QED) is 0.854. The molecule has 0 bridgehead atoms. The number of benzene rings is 1. The lowest BCUT2D eigenvalue weighted by molar-refractivity contribution is -0.240. The van der Waals surface area contributed by atoms with Gasteiger partial charge in [-0.15, -0.1) is 0 Å². The van der Waals surface area contributed by atoms with Crippen molar-refractivity contribution in [1.29, 1.82) is 0 Å². The van der Waals surface area contributed by atoms with Gasteiger partial charge in [0, 0.05) is 5.92 Å². The minimum atomic E-state index is -0.800. The fourth-order valence-corrected chi connectivity index (χ4v) is 2.92. The van der Waals surface area contributed by atoms with Gasteiger partial charge in [-0.3, -0.25) is 0 Å². The Morgan fingerprint density at radius 1 is 1.26 bits per heavy atom. The van der Waals surface area contributed by atoms with Crippen molar-refractivity contribution in [1.82, 2.24) is 0 Å². The summed E-state index contributed by atoms with van der Waals surface area (Å²) in [4.78, 5) is 12.0. The Balaban J connectivity index is 1.61. The van der Waals surface area contributed by atoms with Crippen LogP contribution in [0.1, 0.15) is 31.1 Å². The van der Waals surface area contributed by atoms with Gasteiger partial charge in [-0.2, -0.15) is 0 Å². The van der Waals surface area contributed by atoms with E-state index in [9.17, 15) is 9.90 Å². The summed E-state index contributed by atoms with van der Waals surface area (Å²) >= 11 is 0. The zero-order valence-electron chi connectivity index (χ0n) is 13.5. The van der Waals surface area contributed by atoms with Gasteiger partial charge in [-0.25, -0.2) is 4.79 Å². The fraction of sp³-hybridized carbons (Fsp3) is 0.588. The summed E-state index contributed by atoms with van der Waals surface area (Å²) < 4.78 is 22.5. The van der Waals surface area contributed by atoms with Gasteiger partial charge in [-0.1, -0.05) is 25.1 Å². The molecule has 0 saturated carbocycles. The molecule has 126 valence electrons. The molecule has 1 N–H and O–H groups in total. The zero-order chi connectivity index (χ0) is 16.6. The van der Waals surface area contributed by atoms with E-state index in [0.717, 1.165) is 0 Å². The molecule has 23 heavy (non-hydrogen) atoms. The van der Waals surface area contributed by atoms with E-state index in [1.807, 2.05) is 13.0 Å². The number of hydrogen-bond donors (Lipinski definition) is 1. The molecular weight excluding hydrogens is 300 g/mol. The van der Waals surface area contributed by atoms with Crippen LogP contribution < -0.4 is 0 Å². The average Bonchev–Trinajstić information content (AvgIpc) is 2.84. The maximum absolute atomic E-state index is 12.0. The van der Waals surface area contributed by atoms with Crippen molar-refractivity contribution >= 4 is 5.97 Å². The van der Waals surface area contributed by atoms with E-state index in [1.54, 1.807) is 38.1 Å². The number of carbonyl (C=O) groups excluding carboxylic acids is 1. The van der Waals surface area contributed by atoms with Gasteiger partial charge in [0.15, 0.2) is 12.1 Å². The largest absolute Gasteiger partial charge is 0.459 e. The molecule has 0 aliphatic carbocycles. The monoisotopic (exact) mass is 322 g/mol. The van der Waals surface area contributed by atoms with Crippen LogP contribution >= 0.6 is 0 Å². The van der Waals surface area contributed by atoms with Gasteiger partial charge < -0.3 is 24.1 Å². The highest BCUT2D eigenvalue weighted by molar-refractivity contribution is 5.89. The lowest BCUT2D eigenvalue weighted by Gasteiger charge is -2.38. The summed E-state index contributed by atoms with van der Waals surface area (Å²) in [5.41, 5.74) is 0.482. The van der Waals surface area contributed by atoms with Gasteiger partial charge in [0.05, 0.1) is 11.7 Å². The standard InChI is InChI=1S/C17H22O6/c1-10-12(9-20-15(19)11-7-5-4-6-8-11)21-16-14(13(10)18)22-17(2,3)23-16/h4-8,10,12-14,16,18H,9H2,1-3H3/t10?,12-,13+,14?,16-/m1/s1. The van der Waals surface area contributed by atoms with Gasteiger partial charge in [-0.05, 0) is 26.0 Å². The molecule has 1 aromatic rings. The number of hydrogen-bond acceptors (Lipinski definition) is 6. The van der Waals surface area contributed by atoms with Crippen LogP contribution in [0, 0.1) is 5.92 Å². The minimum absolute atomic E-state index is 0.0545. The number of esters is 1. The molecule has 2 saturated heterocycles. The van der Waals surface area contributed by atoms with Crippen LogP contribution in [0.3, 0.4) is 0 Å². The molecule has 0 aromatic heterocycles. The molecule has 6 heteroatoms. The number of ether oxygens (including phenoxy) is 4. The Hall–Kier alpha value is -1.47. The highest BCUT2D eigenvalue weighted by atomic mass is 16.8. The van der Waals surface area contributed by atoms with Crippen molar-refractivity contribution in [2.75, 3.05) is 6.61 Å². The Bertz CT molecular complexity index is 557. The van der Waals surface area contributed by atoms with E-state index in [2.05, 4.69) is 0 Å². The normalized spacial score (nSPS) is 35.6. The first-order valence-corrected chi connectivity index (χ1v) is 7.79. The highest BCUT2D eigenvalue weighted by Gasteiger charge is 2.52. The summed E-state index contributed by atoms with van der Waals surface area (Å²) in [7, 11) is 0. The molecule has 2 aliphatic rings. The van der Waals surface area contributed by atoms with Crippen molar-refractivity contribution in [2.45, 2.75) is 51.2 Å². The molecule has 6 nitrogen and oxygen atoms in total. The molecule has 2 fully saturated rings. The third kappa shape index (κ3) is 3.40. The van der Waals surface area contributed by atoms with E-state index in [4.69, 9.17) is 18.9 Å². The number of rotatable bonds is 3. The topological polar surface area (TPSA) is 74.2 Å². The lowest BCUT2D eigenvalue weighted by atomic mass is 9.91. The molecule has 2 unspecified atom stereocenters. The first-order chi connectivity index (χ1) is 10.9. The SMILES string of the molecule is CC1[C@H](O)C2OC(C)(C)O[C@H]2O[C@@H]1COC(=O)c1ccccc1. The maximum atomic E-state index is 12.0. The molecule has 3 rings (SSSR count). The number of carbonyl (C=O) groups is 1. The molecule has 1 aromatic carbocycles. The van der Waals surface area contributed by atoms with Crippen LogP contribution in [0.4, 0.5) is 0 Å². The summed E-state index contributed by atoms with van der Waals surface area (Å²) in [5, 5.41) is 10.4. The first-order valence-electron chi connectivity index (χ1n) is 7.79. The maximum Gasteiger partial charge on any atom is 0.338 e. The summed E-state index contributed by atoms with van der Waals surface area (Å²) in [6.45, 7) is 5.45. The van der Waals surface area contributed by atoms with Crippen molar-refractivity contribution in [3.05, 3.63) is 35.9 Å². The van der Waals surface area contributed by atoms with Crippen LogP contribution in [0.15, 0.2) is 30.3 Å². The number of fused-ring (bicyclic) bond motifs is 1. The second kappa shape index (κ2) is 6.20. The molecule has 0 spiro atoms. The van der Waals surface area contributed by atoms with Crippen LogP contribution in [0.5, 0.6) is 0 Å². The minimum Gasteiger partial charge on any atom is -0.459 e. The van der Waals surface area contributed by atoms with E-state index < -0.39 is 36.4 Å². The van der Waals surface area contributed by atoms with Gasteiger partial charge in [0.2, 0.25) is 0 Å². The Labute approximate surface area is 135 Å². The zero-order valence-corrected chi connectivity index (χ0v) is 13.5. The smallest absolute Gasteiger partial charge is 0.338 e. The predicted octanol–water partition coefficient (Wildman–Crippen LogP) is 1.72. The average molecular weight is 322 g/mol. The third-order valence-electron chi connectivity index (χ3n) is 4.25. The first kappa shape index (κ1) is 16.4. The van der Waals surface area contributed by atoms with Crippen LogP contribution in [0.25, 0.3) is 0 Å². The van der Waals surface area contributed by atoms with Gasteiger partial charge >= 0.3 is 5.97 Å². The lowest BCUT2D eigenvalue weighted by Crippen LogP contribution is -2.53. The van der Waals surface area contributed by atoms with E-state index in [1.165, 1.54) is 0 Å². The Morgan fingerprint density at radius 2 is 1.96 bits per heavy atom. The second-order valence-electron chi connectivity index (χ2n) is 6.46. The van der Waals surface area contributed by atoms with Crippen molar-refractivity contribution in [2.24, 2.45) is 5.92 Å². The third-order valence-corrected chi connectivity index (χ3v) is 4.25. The Morgan fingerprint density at radius 3 is 2.65 bits per heavy atom. The molecule has 2 aliphatic heterocycles. The van der Waals surface area contributed by atoms with E-state index in [-0.39, 0.29) is 12.5 Å². The molecule has 5 atom stereocenters. The van der Waals surface area contributed by atoms with Crippen molar-refractivity contribution in [3.63, 3.8) is 0 Å². The summed E-state index contributed by atoms with van der Waals surface area (Å²) in [6.07, 6.45) is -2.37. The van der Waals surface area contributed by atoms with E-state index in [0.29, 0.717) is 5.56 Å².